The van der Waals surface area contributed by atoms with Gasteiger partial charge >= 0.3 is 19.8 Å². The normalized spacial score (nSPS) is 13.7. The molecule has 1 unspecified atom stereocenters. The lowest BCUT2D eigenvalue weighted by Gasteiger charge is -2.19. The molecule has 0 fully saturated rings. The standard InChI is InChI=1S/C46H84NO8P/c1-3-5-7-9-11-13-15-17-19-20-21-22-23-24-25-27-28-30-32-34-36-38-45(48)52-42-44(43-54-56(50,51)53-41-40-47)55-46(49)39-37-35-33-31-29-26-18-16-14-12-10-8-6-4-2/h19-20,22-23,25,27,30,32,44H,3-18,21,24,26,28-29,31,33-43,47H2,1-2H3,(H,50,51)/b20-19+,23-22+,27-25+,32-30+/t44-/m0/s1. The van der Waals surface area contributed by atoms with Gasteiger partial charge in [0, 0.05) is 19.4 Å². The lowest BCUT2D eigenvalue weighted by Crippen LogP contribution is -2.29. The van der Waals surface area contributed by atoms with E-state index in [-0.39, 0.29) is 32.6 Å². The van der Waals surface area contributed by atoms with Gasteiger partial charge in [-0.05, 0) is 51.4 Å². The van der Waals surface area contributed by atoms with Crippen molar-refractivity contribution in [2.75, 3.05) is 26.4 Å². The monoisotopic (exact) mass is 810 g/mol. The number of hydrogen-bond acceptors (Lipinski definition) is 8. The summed E-state index contributed by atoms with van der Waals surface area (Å²) in [5.74, 6) is -0.890. The number of rotatable bonds is 42. The van der Waals surface area contributed by atoms with Crippen LogP contribution in [-0.2, 0) is 32.7 Å². The predicted octanol–water partition coefficient (Wildman–Crippen LogP) is 13.1. The Bertz CT molecular complexity index is 1060. The van der Waals surface area contributed by atoms with Crippen LogP contribution >= 0.6 is 7.82 Å². The molecule has 0 heterocycles. The molecule has 0 aromatic heterocycles. The highest BCUT2D eigenvalue weighted by Gasteiger charge is 2.26. The van der Waals surface area contributed by atoms with Crippen LogP contribution in [0.4, 0.5) is 0 Å². The number of carbonyl (C=O) groups excluding carboxylic acids is 2. The van der Waals surface area contributed by atoms with E-state index in [0.29, 0.717) is 12.8 Å². The average molecular weight is 810 g/mol. The zero-order valence-electron chi connectivity index (χ0n) is 35.9. The van der Waals surface area contributed by atoms with Crippen LogP contribution in [0, 0.1) is 0 Å². The molecule has 0 amide bonds. The van der Waals surface area contributed by atoms with Gasteiger partial charge in [0.1, 0.15) is 6.61 Å². The molecule has 0 aliphatic rings. The topological polar surface area (TPSA) is 134 Å². The van der Waals surface area contributed by atoms with E-state index in [2.05, 4.69) is 62.5 Å². The van der Waals surface area contributed by atoms with E-state index in [1.54, 1.807) is 0 Å². The molecule has 326 valence electrons. The molecule has 0 aromatic carbocycles. The van der Waals surface area contributed by atoms with E-state index < -0.39 is 32.5 Å². The van der Waals surface area contributed by atoms with Gasteiger partial charge in [0.05, 0.1) is 13.2 Å². The van der Waals surface area contributed by atoms with Gasteiger partial charge in [-0.1, -0.05) is 184 Å². The minimum Gasteiger partial charge on any atom is -0.462 e. The molecule has 3 N–H and O–H groups in total. The first-order chi connectivity index (χ1) is 27.3. The Kier molecular flexibility index (Phi) is 41.0. The second-order valence-corrected chi connectivity index (χ2v) is 16.4. The van der Waals surface area contributed by atoms with E-state index in [1.165, 1.54) is 116 Å². The van der Waals surface area contributed by atoms with Crippen molar-refractivity contribution in [3.05, 3.63) is 48.6 Å². The first-order valence-electron chi connectivity index (χ1n) is 22.6. The second-order valence-electron chi connectivity index (χ2n) is 14.9. The number of ether oxygens (including phenoxy) is 2. The molecule has 0 aliphatic carbocycles. The Morgan fingerprint density at radius 1 is 0.536 bits per heavy atom. The molecular formula is C46H84NO8P. The van der Waals surface area contributed by atoms with Crippen LogP contribution in [0.15, 0.2) is 48.6 Å². The third kappa shape index (κ3) is 41.6. The van der Waals surface area contributed by atoms with Crippen LogP contribution in [0.5, 0.6) is 0 Å². The van der Waals surface area contributed by atoms with Gasteiger partial charge in [-0.25, -0.2) is 4.57 Å². The average Bonchev–Trinajstić information content (AvgIpc) is 3.18. The quantitative estimate of drug-likeness (QED) is 0.0267. The molecule has 0 saturated heterocycles. The van der Waals surface area contributed by atoms with Crippen LogP contribution < -0.4 is 5.73 Å². The van der Waals surface area contributed by atoms with Gasteiger partial charge in [-0.2, -0.15) is 0 Å². The molecule has 56 heavy (non-hydrogen) atoms. The van der Waals surface area contributed by atoms with Crippen LogP contribution in [-0.4, -0.2) is 49.3 Å². The molecule has 0 spiro atoms. The van der Waals surface area contributed by atoms with E-state index in [9.17, 15) is 19.0 Å². The number of unbranched alkanes of at least 4 members (excludes halogenated alkanes) is 21. The lowest BCUT2D eigenvalue weighted by molar-refractivity contribution is -0.161. The minimum absolute atomic E-state index is 0.0460. The van der Waals surface area contributed by atoms with Gasteiger partial charge in [-0.15, -0.1) is 0 Å². The summed E-state index contributed by atoms with van der Waals surface area (Å²) in [4.78, 5) is 34.9. The number of phosphoric acid groups is 1. The van der Waals surface area contributed by atoms with Crippen LogP contribution in [0.3, 0.4) is 0 Å². The highest BCUT2D eigenvalue weighted by atomic mass is 31.2. The Morgan fingerprint density at radius 3 is 1.43 bits per heavy atom. The third-order valence-corrected chi connectivity index (χ3v) is 10.5. The summed E-state index contributed by atoms with van der Waals surface area (Å²) in [6.45, 7) is 3.68. The predicted molar refractivity (Wildman–Crippen MR) is 233 cm³/mol. The van der Waals surface area contributed by atoms with E-state index in [1.807, 2.05) is 0 Å². The van der Waals surface area contributed by atoms with Crippen molar-refractivity contribution >= 4 is 19.8 Å². The minimum atomic E-state index is -4.39. The Labute approximate surface area is 343 Å². The molecule has 10 heteroatoms. The molecule has 2 atom stereocenters. The maximum Gasteiger partial charge on any atom is 0.472 e. The summed E-state index contributed by atoms with van der Waals surface area (Å²) in [5.41, 5.74) is 5.34. The largest absolute Gasteiger partial charge is 0.472 e. The van der Waals surface area contributed by atoms with E-state index in [0.717, 1.165) is 44.9 Å². The SMILES string of the molecule is CCCCCCCCC/C=C/C/C=C/C/C=C/C/C=C/CCCC(=O)OC[C@@H](COP(=O)(O)OCCN)OC(=O)CCCCCCCCCCCCCCCC. The zero-order valence-corrected chi connectivity index (χ0v) is 36.8. The molecule has 0 aliphatic heterocycles. The number of allylic oxidation sites excluding steroid dienone is 8. The van der Waals surface area contributed by atoms with Gasteiger partial charge in [0.2, 0.25) is 0 Å². The van der Waals surface area contributed by atoms with Crippen molar-refractivity contribution in [1.82, 2.24) is 0 Å². The Hall–Kier alpha value is -2.03. The van der Waals surface area contributed by atoms with Crippen LogP contribution in [0.1, 0.15) is 200 Å². The zero-order chi connectivity index (χ0) is 41.1. The fourth-order valence-electron chi connectivity index (χ4n) is 6.10. The maximum absolute atomic E-state index is 12.6. The smallest absolute Gasteiger partial charge is 0.462 e. The molecule has 0 saturated carbocycles. The lowest BCUT2D eigenvalue weighted by atomic mass is 10.0. The van der Waals surface area contributed by atoms with Crippen molar-refractivity contribution in [3.8, 4) is 0 Å². The first kappa shape index (κ1) is 54.0. The van der Waals surface area contributed by atoms with Gasteiger partial charge in [-0.3, -0.25) is 18.6 Å². The van der Waals surface area contributed by atoms with Crippen LogP contribution in [0.25, 0.3) is 0 Å². The third-order valence-electron chi connectivity index (χ3n) is 9.47. The number of phosphoric ester groups is 1. The molecular weight excluding hydrogens is 725 g/mol. The Morgan fingerprint density at radius 2 is 0.946 bits per heavy atom. The number of esters is 2. The number of nitrogens with two attached hydrogens (primary N) is 1. The van der Waals surface area contributed by atoms with Crippen molar-refractivity contribution in [2.45, 2.75) is 206 Å². The molecule has 9 nitrogen and oxygen atoms in total. The fraction of sp³-hybridized carbons (Fsp3) is 0.783. The maximum atomic E-state index is 12.6. The summed E-state index contributed by atoms with van der Waals surface area (Å²) >= 11 is 0. The van der Waals surface area contributed by atoms with E-state index in [4.69, 9.17) is 24.3 Å². The summed E-state index contributed by atoms with van der Waals surface area (Å²) in [5, 5.41) is 0. The molecule has 0 bridgehead atoms. The highest BCUT2D eigenvalue weighted by Crippen LogP contribution is 2.43. The summed E-state index contributed by atoms with van der Waals surface area (Å²) in [7, 11) is -4.39. The first-order valence-corrected chi connectivity index (χ1v) is 24.1. The van der Waals surface area contributed by atoms with Crippen molar-refractivity contribution in [2.24, 2.45) is 5.73 Å². The second kappa shape index (κ2) is 42.6. The highest BCUT2D eigenvalue weighted by molar-refractivity contribution is 7.47. The van der Waals surface area contributed by atoms with Crippen molar-refractivity contribution in [3.63, 3.8) is 0 Å². The van der Waals surface area contributed by atoms with Crippen LogP contribution in [0.2, 0.25) is 0 Å². The summed E-state index contributed by atoms with van der Waals surface area (Å²) in [6, 6.07) is 0. The fourth-order valence-corrected chi connectivity index (χ4v) is 6.86. The van der Waals surface area contributed by atoms with Crippen molar-refractivity contribution in [1.29, 1.82) is 0 Å². The molecule has 0 rings (SSSR count). The summed E-state index contributed by atoms with van der Waals surface area (Å²) in [6.07, 6.45) is 48.6. The van der Waals surface area contributed by atoms with Gasteiger partial charge < -0.3 is 20.1 Å². The summed E-state index contributed by atoms with van der Waals surface area (Å²) < 4.78 is 32.7. The van der Waals surface area contributed by atoms with Gasteiger partial charge in [0.25, 0.3) is 0 Å². The molecule has 0 aromatic rings. The number of hydrogen-bond donors (Lipinski definition) is 2. The molecule has 0 radical (unpaired) electrons. The van der Waals surface area contributed by atoms with Crippen molar-refractivity contribution < 1.29 is 37.6 Å². The Balaban J connectivity index is 4.21. The van der Waals surface area contributed by atoms with E-state index >= 15 is 0 Å². The van der Waals surface area contributed by atoms with Gasteiger partial charge in [0.15, 0.2) is 6.10 Å². The number of carbonyl (C=O) groups is 2.